The van der Waals surface area contributed by atoms with Crippen LogP contribution >= 0.6 is 0 Å². The fourth-order valence-corrected chi connectivity index (χ4v) is 9.02. The van der Waals surface area contributed by atoms with Crippen LogP contribution in [0.2, 0.25) is 0 Å². The zero-order valence-electron chi connectivity index (χ0n) is 44.6. The third-order valence-electron chi connectivity index (χ3n) is 13.8. The van der Waals surface area contributed by atoms with Gasteiger partial charge in [0.25, 0.3) is 0 Å². The summed E-state index contributed by atoms with van der Waals surface area (Å²) in [7, 11) is 0. The van der Waals surface area contributed by atoms with Crippen molar-refractivity contribution in [3.05, 3.63) is 0 Å². The van der Waals surface area contributed by atoms with Crippen LogP contribution in [-0.4, -0.2) is 37.2 Å². The number of unbranched alkanes of at least 4 members (excludes halogenated alkanes) is 37. The molecular formula is C59H114O6. The number of carbonyl (C=O) groups excluding carboxylic acids is 3. The molecule has 0 radical (unpaired) electrons. The van der Waals surface area contributed by atoms with E-state index in [1.165, 1.54) is 218 Å². The SMILES string of the molecule is CCCCCCCCCCCCCCC(=O)OC[C@H](COC(=O)CCCCCCCCCCCCCCCCC(C)C)OC(=O)CCCCCCCCCCCCCCCCC(C)CC. The predicted molar refractivity (Wildman–Crippen MR) is 280 cm³/mol. The maximum Gasteiger partial charge on any atom is 0.306 e. The number of carbonyl (C=O) groups is 3. The van der Waals surface area contributed by atoms with Gasteiger partial charge in [0.05, 0.1) is 0 Å². The van der Waals surface area contributed by atoms with Gasteiger partial charge in [-0.1, -0.05) is 291 Å². The molecule has 0 aromatic carbocycles. The highest BCUT2D eigenvalue weighted by atomic mass is 16.6. The third kappa shape index (κ3) is 51.6. The molecule has 2 atom stereocenters. The lowest BCUT2D eigenvalue weighted by molar-refractivity contribution is -0.167. The summed E-state index contributed by atoms with van der Waals surface area (Å²) in [5, 5.41) is 0. The molecule has 386 valence electrons. The lowest BCUT2D eigenvalue weighted by Crippen LogP contribution is -2.30. The average Bonchev–Trinajstić information content (AvgIpc) is 3.29. The van der Waals surface area contributed by atoms with Crippen molar-refractivity contribution in [2.45, 2.75) is 336 Å². The number of rotatable bonds is 53. The molecule has 0 N–H and O–H groups in total. The first-order valence-electron chi connectivity index (χ1n) is 29.3. The first-order chi connectivity index (χ1) is 31.8. The van der Waals surface area contributed by atoms with Gasteiger partial charge in [0.2, 0.25) is 0 Å². The van der Waals surface area contributed by atoms with Crippen molar-refractivity contribution in [2.75, 3.05) is 13.2 Å². The molecule has 65 heavy (non-hydrogen) atoms. The summed E-state index contributed by atoms with van der Waals surface area (Å²) in [5.74, 6) is 0.901. The summed E-state index contributed by atoms with van der Waals surface area (Å²) in [5.41, 5.74) is 0. The molecule has 0 rings (SSSR count). The second kappa shape index (κ2) is 51.8. The Labute approximate surface area is 406 Å². The van der Waals surface area contributed by atoms with Crippen molar-refractivity contribution < 1.29 is 28.6 Å². The van der Waals surface area contributed by atoms with E-state index in [0.29, 0.717) is 19.3 Å². The van der Waals surface area contributed by atoms with Crippen molar-refractivity contribution >= 4 is 17.9 Å². The minimum atomic E-state index is -0.762. The largest absolute Gasteiger partial charge is 0.462 e. The molecule has 0 spiro atoms. The molecular weight excluding hydrogens is 805 g/mol. The van der Waals surface area contributed by atoms with Gasteiger partial charge in [-0.15, -0.1) is 0 Å². The Bertz CT molecular complexity index is 995. The molecule has 0 aliphatic rings. The van der Waals surface area contributed by atoms with Crippen LogP contribution in [0.5, 0.6) is 0 Å². The van der Waals surface area contributed by atoms with Crippen LogP contribution in [0.4, 0.5) is 0 Å². The summed E-state index contributed by atoms with van der Waals surface area (Å²) in [4.78, 5) is 38.1. The molecule has 0 aromatic rings. The summed E-state index contributed by atoms with van der Waals surface area (Å²) in [6.07, 6.45) is 55.1. The Morgan fingerprint density at radius 2 is 0.585 bits per heavy atom. The molecule has 0 heterocycles. The van der Waals surface area contributed by atoms with Crippen LogP contribution < -0.4 is 0 Å². The minimum Gasteiger partial charge on any atom is -0.462 e. The minimum absolute atomic E-state index is 0.0625. The van der Waals surface area contributed by atoms with E-state index < -0.39 is 6.10 Å². The number of hydrogen-bond acceptors (Lipinski definition) is 6. The predicted octanol–water partition coefficient (Wildman–Crippen LogP) is 19.3. The van der Waals surface area contributed by atoms with E-state index in [2.05, 4.69) is 34.6 Å². The molecule has 6 heteroatoms. The van der Waals surface area contributed by atoms with Gasteiger partial charge in [-0.05, 0) is 31.1 Å². The number of hydrogen-bond donors (Lipinski definition) is 0. The molecule has 0 saturated carbocycles. The fourth-order valence-electron chi connectivity index (χ4n) is 9.02. The van der Waals surface area contributed by atoms with Crippen molar-refractivity contribution in [3.63, 3.8) is 0 Å². The zero-order valence-corrected chi connectivity index (χ0v) is 44.6. The summed E-state index contributed by atoms with van der Waals surface area (Å²) in [6.45, 7) is 11.5. The maximum atomic E-state index is 12.9. The van der Waals surface area contributed by atoms with E-state index in [4.69, 9.17) is 14.2 Å². The average molecular weight is 920 g/mol. The van der Waals surface area contributed by atoms with Gasteiger partial charge in [0.15, 0.2) is 6.10 Å². The summed E-state index contributed by atoms with van der Waals surface area (Å²) >= 11 is 0. The molecule has 0 amide bonds. The number of ether oxygens (including phenoxy) is 3. The molecule has 0 fully saturated rings. The van der Waals surface area contributed by atoms with Gasteiger partial charge in [0, 0.05) is 19.3 Å². The Balaban J connectivity index is 4.28. The number of esters is 3. The van der Waals surface area contributed by atoms with Gasteiger partial charge >= 0.3 is 17.9 Å². The molecule has 0 aromatic heterocycles. The lowest BCUT2D eigenvalue weighted by atomic mass is 9.99. The molecule has 6 nitrogen and oxygen atoms in total. The van der Waals surface area contributed by atoms with Crippen molar-refractivity contribution in [2.24, 2.45) is 11.8 Å². The van der Waals surface area contributed by atoms with Gasteiger partial charge in [-0.2, -0.15) is 0 Å². The molecule has 0 aliphatic carbocycles. The van der Waals surface area contributed by atoms with Crippen LogP contribution in [0.15, 0.2) is 0 Å². The van der Waals surface area contributed by atoms with Gasteiger partial charge in [-0.3, -0.25) is 14.4 Å². The van der Waals surface area contributed by atoms with Crippen molar-refractivity contribution in [1.82, 2.24) is 0 Å². The highest BCUT2D eigenvalue weighted by molar-refractivity contribution is 5.71. The smallest absolute Gasteiger partial charge is 0.306 e. The van der Waals surface area contributed by atoms with Crippen LogP contribution in [0.3, 0.4) is 0 Å². The van der Waals surface area contributed by atoms with Gasteiger partial charge in [-0.25, -0.2) is 0 Å². The van der Waals surface area contributed by atoms with E-state index in [9.17, 15) is 14.4 Å². The standard InChI is InChI=1S/C59H114O6/c1-6-8-9-10-11-12-13-24-29-34-39-44-49-57(60)63-52-56(53-64-58(61)50-45-40-35-30-25-20-16-14-18-22-27-32-37-42-47-54(3)4)65-59(62)51-46-41-36-31-26-21-17-15-19-23-28-33-38-43-48-55(5)7-2/h54-56H,6-53H2,1-5H3/t55?,56-/m1/s1. The van der Waals surface area contributed by atoms with E-state index in [1.807, 2.05) is 0 Å². The van der Waals surface area contributed by atoms with Gasteiger partial charge < -0.3 is 14.2 Å². The van der Waals surface area contributed by atoms with Crippen LogP contribution in [0.1, 0.15) is 330 Å². The normalized spacial score (nSPS) is 12.5. The Morgan fingerprint density at radius 3 is 0.877 bits per heavy atom. The van der Waals surface area contributed by atoms with Crippen molar-refractivity contribution in [3.8, 4) is 0 Å². The van der Waals surface area contributed by atoms with Crippen LogP contribution in [0, 0.1) is 11.8 Å². The second-order valence-electron chi connectivity index (χ2n) is 21.0. The first kappa shape index (κ1) is 63.4. The van der Waals surface area contributed by atoms with E-state index in [-0.39, 0.29) is 31.1 Å². The highest BCUT2D eigenvalue weighted by Crippen LogP contribution is 2.19. The van der Waals surface area contributed by atoms with E-state index in [0.717, 1.165) is 69.6 Å². The van der Waals surface area contributed by atoms with Crippen LogP contribution in [0.25, 0.3) is 0 Å². The lowest BCUT2D eigenvalue weighted by Gasteiger charge is -2.18. The summed E-state index contributed by atoms with van der Waals surface area (Å²) < 4.78 is 16.9. The Hall–Kier alpha value is -1.59. The monoisotopic (exact) mass is 919 g/mol. The maximum absolute atomic E-state index is 12.9. The third-order valence-corrected chi connectivity index (χ3v) is 13.8. The van der Waals surface area contributed by atoms with E-state index in [1.54, 1.807) is 0 Å². The molecule has 0 bridgehead atoms. The zero-order chi connectivity index (χ0) is 47.5. The molecule has 0 saturated heterocycles. The molecule has 0 aliphatic heterocycles. The highest BCUT2D eigenvalue weighted by Gasteiger charge is 2.19. The second-order valence-corrected chi connectivity index (χ2v) is 21.0. The quantitative estimate of drug-likeness (QED) is 0.0344. The van der Waals surface area contributed by atoms with Crippen LogP contribution in [-0.2, 0) is 28.6 Å². The van der Waals surface area contributed by atoms with Gasteiger partial charge in [0.1, 0.15) is 13.2 Å². The Morgan fingerprint density at radius 1 is 0.323 bits per heavy atom. The molecule has 1 unspecified atom stereocenters. The van der Waals surface area contributed by atoms with E-state index >= 15 is 0 Å². The first-order valence-corrected chi connectivity index (χ1v) is 29.3. The Kier molecular flexibility index (Phi) is 50.5. The summed E-state index contributed by atoms with van der Waals surface area (Å²) in [6, 6.07) is 0. The fraction of sp³-hybridized carbons (Fsp3) is 0.949. The van der Waals surface area contributed by atoms with Crippen molar-refractivity contribution in [1.29, 1.82) is 0 Å². The topological polar surface area (TPSA) is 78.9 Å².